The summed E-state index contributed by atoms with van der Waals surface area (Å²) >= 11 is 0. The molecule has 4 atom stereocenters. The highest BCUT2D eigenvalue weighted by Gasteiger charge is 2.50. The number of hydrogen-bond acceptors (Lipinski definition) is 2. The summed E-state index contributed by atoms with van der Waals surface area (Å²) in [6.07, 6.45) is 9.62. The summed E-state index contributed by atoms with van der Waals surface area (Å²) < 4.78 is 5.34. The smallest absolute Gasteiger partial charge is 0.330 e. The first kappa shape index (κ1) is 9.20. The largest absolute Gasteiger partial charge is 0.459 e. The lowest BCUT2D eigenvalue weighted by Crippen LogP contribution is -2.14. The van der Waals surface area contributed by atoms with Crippen LogP contribution in [0.4, 0.5) is 0 Å². The van der Waals surface area contributed by atoms with Gasteiger partial charge in [-0.15, -0.1) is 0 Å². The van der Waals surface area contributed by atoms with Gasteiger partial charge >= 0.3 is 5.97 Å². The molecule has 3 aliphatic carbocycles. The minimum absolute atomic E-state index is 0.149. The van der Waals surface area contributed by atoms with E-state index in [4.69, 9.17) is 4.74 Å². The second kappa shape index (κ2) is 3.22. The molecule has 15 heavy (non-hydrogen) atoms. The summed E-state index contributed by atoms with van der Waals surface area (Å²) in [6.45, 7) is 3.43. The van der Waals surface area contributed by atoms with Crippen molar-refractivity contribution in [1.82, 2.24) is 0 Å². The van der Waals surface area contributed by atoms with Crippen molar-refractivity contribution in [3.63, 3.8) is 0 Å². The normalized spacial score (nSPS) is 45.5. The predicted octanol–water partition coefficient (Wildman–Crippen LogP) is 2.32. The molecule has 0 radical (unpaired) electrons. The van der Waals surface area contributed by atoms with Crippen LogP contribution in [0.2, 0.25) is 0 Å². The lowest BCUT2D eigenvalue weighted by atomic mass is 9.86. The van der Waals surface area contributed by atoms with Crippen LogP contribution in [0.25, 0.3) is 0 Å². The van der Waals surface area contributed by atoms with Crippen LogP contribution < -0.4 is 0 Å². The Morgan fingerprint density at radius 1 is 1.20 bits per heavy atom. The van der Waals surface area contributed by atoms with Crippen LogP contribution in [0.1, 0.15) is 19.3 Å². The fourth-order valence-electron chi connectivity index (χ4n) is 3.74. The van der Waals surface area contributed by atoms with Gasteiger partial charge in [0.15, 0.2) is 0 Å². The molecular weight excluding hydrogens is 188 g/mol. The Kier molecular flexibility index (Phi) is 1.98. The van der Waals surface area contributed by atoms with Crippen molar-refractivity contribution in [2.45, 2.75) is 25.4 Å². The number of carbonyl (C=O) groups is 1. The molecule has 0 saturated heterocycles. The van der Waals surface area contributed by atoms with Crippen LogP contribution in [-0.2, 0) is 9.53 Å². The van der Waals surface area contributed by atoms with Gasteiger partial charge in [0.1, 0.15) is 6.10 Å². The van der Waals surface area contributed by atoms with E-state index in [2.05, 4.69) is 18.7 Å². The van der Waals surface area contributed by atoms with Gasteiger partial charge in [0.2, 0.25) is 0 Å². The van der Waals surface area contributed by atoms with Crippen LogP contribution in [0.5, 0.6) is 0 Å². The van der Waals surface area contributed by atoms with Crippen molar-refractivity contribution in [1.29, 1.82) is 0 Å². The van der Waals surface area contributed by atoms with E-state index >= 15 is 0 Å². The minimum Gasteiger partial charge on any atom is -0.459 e. The fourth-order valence-corrected chi connectivity index (χ4v) is 3.74. The van der Waals surface area contributed by atoms with Gasteiger partial charge < -0.3 is 4.74 Å². The van der Waals surface area contributed by atoms with Gasteiger partial charge in [0, 0.05) is 6.08 Å². The first-order chi connectivity index (χ1) is 7.28. The van der Waals surface area contributed by atoms with Gasteiger partial charge in [-0.3, -0.25) is 0 Å². The van der Waals surface area contributed by atoms with Crippen molar-refractivity contribution in [2.75, 3.05) is 0 Å². The molecule has 3 rings (SSSR count). The molecular formula is C13H16O2. The Bertz CT molecular complexity index is 311. The summed E-state index contributed by atoms with van der Waals surface area (Å²) in [5.41, 5.74) is 0. The number of rotatable bonds is 2. The van der Waals surface area contributed by atoms with Crippen molar-refractivity contribution < 1.29 is 9.53 Å². The highest BCUT2D eigenvalue weighted by Crippen LogP contribution is 2.55. The van der Waals surface area contributed by atoms with Crippen LogP contribution in [0, 0.1) is 23.7 Å². The molecule has 0 aromatic heterocycles. The molecule has 2 nitrogen and oxygen atoms in total. The van der Waals surface area contributed by atoms with Crippen LogP contribution in [0.3, 0.4) is 0 Å². The zero-order chi connectivity index (χ0) is 10.4. The van der Waals surface area contributed by atoms with E-state index in [-0.39, 0.29) is 12.1 Å². The molecule has 0 aromatic rings. The summed E-state index contributed by atoms with van der Waals surface area (Å²) in [5.74, 6) is 2.84. The SMILES string of the molecule is C=CC(=O)OC1CC2C3C=CC(C3)C2C1. The third kappa shape index (κ3) is 1.35. The number of esters is 1. The lowest BCUT2D eigenvalue weighted by molar-refractivity contribution is -0.142. The molecule has 4 unspecified atom stereocenters. The van der Waals surface area contributed by atoms with Gasteiger partial charge in [0.25, 0.3) is 0 Å². The molecule has 0 amide bonds. The molecule has 2 heteroatoms. The van der Waals surface area contributed by atoms with E-state index in [0.29, 0.717) is 0 Å². The van der Waals surface area contributed by atoms with E-state index in [1.54, 1.807) is 0 Å². The molecule has 3 aliphatic rings. The Hall–Kier alpha value is -1.05. The number of fused-ring (bicyclic) bond motifs is 5. The summed E-state index contributed by atoms with van der Waals surface area (Å²) in [6, 6.07) is 0. The van der Waals surface area contributed by atoms with Gasteiger partial charge in [-0.1, -0.05) is 18.7 Å². The lowest BCUT2D eigenvalue weighted by Gasteiger charge is -2.18. The minimum atomic E-state index is -0.264. The number of allylic oxidation sites excluding steroid dienone is 2. The Balaban J connectivity index is 1.66. The van der Waals surface area contributed by atoms with Crippen molar-refractivity contribution in [2.24, 2.45) is 23.7 Å². The number of carbonyl (C=O) groups excluding carboxylic acids is 1. The molecule has 0 aromatic carbocycles. The van der Waals surface area contributed by atoms with Crippen LogP contribution >= 0.6 is 0 Å². The van der Waals surface area contributed by atoms with Gasteiger partial charge in [0.05, 0.1) is 0 Å². The second-order valence-corrected chi connectivity index (χ2v) is 5.01. The number of hydrogen-bond donors (Lipinski definition) is 0. The highest BCUT2D eigenvalue weighted by atomic mass is 16.5. The summed E-state index contributed by atoms with van der Waals surface area (Å²) in [4.78, 5) is 11.1. The standard InChI is InChI=1S/C13H16O2/c1-2-13(14)15-10-6-11-8-3-4-9(5-8)12(11)7-10/h2-4,8-12H,1,5-7H2. The zero-order valence-electron chi connectivity index (χ0n) is 8.76. The third-order valence-corrected chi connectivity index (χ3v) is 4.32. The van der Waals surface area contributed by atoms with Gasteiger partial charge in [-0.05, 0) is 42.9 Å². The summed E-state index contributed by atoms with van der Waals surface area (Å²) in [7, 11) is 0. The Labute approximate surface area is 90.0 Å². The highest BCUT2D eigenvalue weighted by molar-refractivity contribution is 5.81. The van der Waals surface area contributed by atoms with E-state index in [1.165, 1.54) is 12.5 Å². The number of ether oxygens (including phenoxy) is 1. The first-order valence-electron chi connectivity index (χ1n) is 5.79. The second-order valence-electron chi connectivity index (χ2n) is 5.01. The molecule has 2 fully saturated rings. The maximum atomic E-state index is 11.1. The quantitative estimate of drug-likeness (QED) is 0.392. The zero-order valence-corrected chi connectivity index (χ0v) is 8.76. The predicted molar refractivity (Wildman–Crippen MR) is 57.0 cm³/mol. The van der Waals surface area contributed by atoms with Crippen LogP contribution in [0.15, 0.2) is 24.8 Å². The molecule has 80 valence electrons. The van der Waals surface area contributed by atoms with Crippen molar-refractivity contribution in [3.8, 4) is 0 Å². The monoisotopic (exact) mass is 204 g/mol. The van der Waals surface area contributed by atoms with Gasteiger partial charge in [-0.2, -0.15) is 0 Å². The summed E-state index contributed by atoms with van der Waals surface area (Å²) in [5, 5.41) is 0. The average Bonchev–Trinajstić information content (AvgIpc) is 2.87. The maximum absolute atomic E-state index is 11.1. The van der Waals surface area contributed by atoms with E-state index in [9.17, 15) is 4.79 Å². The van der Waals surface area contributed by atoms with E-state index < -0.39 is 0 Å². The van der Waals surface area contributed by atoms with Crippen molar-refractivity contribution in [3.05, 3.63) is 24.8 Å². The van der Waals surface area contributed by atoms with Gasteiger partial charge in [-0.25, -0.2) is 4.79 Å². The third-order valence-electron chi connectivity index (χ3n) is 4.32. The molecule has 2 bridgehead atoms. The molecule has 2 saturated carbocycles. The maximum Gasteiger partial charge on any atom is 0.330 e. The fraction of sp³-hybridized carbons (Fsp3) is 0.615. The topological polar surface area (TPSA) is 26.3 Å². The molecule has 0 spiro atoms. The average molecular weight is 204 g/mol. The molecule has 0 N–H and O–H groups in total. The van der Waals surface area contributed by atoms with E-state index in [0.717, 1.165) is 36.5 Å². The Morgan fingerprint density at radius 3 is 2.33 bits per heavy atom. The van der Waals surface area contributed by atoms with Crippen LogP contribution in [-0.4, -0.2) is 12.1 Å². The molecule has 0 heterocycles. The first-order valence-corrected chi connectivity index (χ1v) is 5.79. The van der Waals surface area contributed by atoms with E-state index in [1.807, 2.05) is 0 Å². The Morgan fingerprint density at radius 2 is 1.80 bits per heavy atom. The molecule has 0 aliphatic heterocycles. The van der Waals surface area contributed by atoms with Crippen molar-refractivity contribution >= 4 is 5.97 Å².